The van der Waals surface area contributed by atoms with Crippen molar-refractivity contribution in [3.8, 4) is 0 Å². The number of imidazole rings is 1. The summed E-state index contributed by atoms with van der Waals surface area (Å²) in [4.78, 5) is 4.99. The van der Waals surface area contributed by atoms with Crippen molar-refractivity contribution in [2.24, 2.45) is 0 Å². The van der Waals surface area contributed by atoms with Gasteiger partial charge in [0.25, 0.3) is 0 Å². The van der Waals surface area contributed by atoms with Gasteiger partial charge in [-0.2, -0.15) is 0 Å². The third-order valence-electron chi connectivity index (χ3n) is 6.65. The molecule has 2 aliphatic carbocycles. The van der Waals surface area contributed by atoms with Gasteiger partial charge in [0.05, 0.1) is 16.7 Å². The summed E-state index contributed by atoms with van der Waals surface area (Å²) >= 11 is 0. The van der Waals surface area contributed by atoms with Gasteiger partial charge >= 0.3 is 0 Å². The monoisotopic (exact) mass is 504 g/mol. The van der Waals surface area contributed by atoms with E-state index in [0.717, 1.165) is 16.6 Å². The summed E-state index contributed by atoms with van der Waals surface area (Å²) < 4.78 is 2.24. The molecule has 2 nitrogen and oxygen atoms in total. The molecule has 6 rings (SSSR count). The fourth-order valence-corrected chi connectivity index (χ4v) is 5.45. The maximum atomic E-state index is 4.99. The number of fused-ring (bicyclic) bond motifs is 10. The van der Waals surface area contributed by atoms with Crippen LogP contribution in [0.3, 0.4) is 0 Å². The maximum Gasteiger partial charge on any atom is 0.0777 e. The van der Waals surface area contributed by atoms with Crippen LogP contribution in [0.1, 0.15) is 44.2 Å². The quantitative estimate of drug-likeness (QED) is 0.304. The van der Waals surface area contributed by atoms with Crippen molar-refractivity contribution in [2.45, 2.75) is 43.9 Å². The second kappa shape index (κ2) is 4.72. The van der Waals surface area contributed by atoms with Crippen LogP contribution >= 0.6 is 0 Å². The van der Waals surface area contributed by atoms with E-state index in [9.17, 15) is 0 Å². The number of aromatic nitrogens is 2. The molecule has 2 bridgehead atoms. The molecule has 1 saturated carbocycles. The van der Waals surface area contributed by atoms with Crippen LogP contribution in [0.5, 0.6) is 0 Å². The maximum absolute atomic E-state index is 4.99. The van der Waals surface area contributed by atoms with E-state index in [-0.39, 0.29) is 20.1 Å². The molecule has 1 fully saturated rings. The number of pyridine rings is 1. The van der Waals surface area contributed by atoms with Crippen LogP contribution in [-0.4, -0.2) is 9.38 Å². The minimum Gasteiger partial charge on any atom is -0.341 e. The van der Waals surface area contributed by atoms with Crippen LogP contribution in [0.15, 0.2) is 42.6 Å². The van der Waals surface area contributed by atoms with Crippen LogP contribution in [0.25, 0.3) is 27.5 Å². The van der Waals surface area contributed by atoms with E-state index < -0.39 is 0 Å². The minimum atomic E-state index is 0. The first-order valence-corrected chi connectivity index (χ1v) is 8.84. The van der Waals surface area contributed by atoms with E-state index in [4.69, 9.17) is 4.98 Å². The topological polar surface area (TPSA) is 17.3 Å². The standard InChI is InChI=1S/C22H19N2.Ir/c1-21-8-9-22(2,13-21)17-12-19-18(11-16(17)21)23-20-15-6-4-3-5-14(15)7-10-24(19)20;/h3-5,7,10-12H,8-9,13H2,1-2H3;/q-1;. The van der Waals surface area contributed by atoms with Crippen molar-refractivity contribution in [1.29, 1.82) is 0 Å². The van der Waals surface area contributed by atoms with E-state index in [0.29, 0.717) is 10.8 Å². The molecular weight excluding hydrogens is 484 g/mol. The van der Waals surface area contributed by atoms with E-state index in [2.05, 4.69) is 54.8 Å². The summed E-state index contributed by atoms with van der Waals surface area (Å²) in [6.07, 6.45) is 6.08. The predicted octanol–water partition coefficient (Wildman–Crippen LogP) is 5.15. The van der Waals surface area contributed by atoms with Gasteiger partial charge in [0, 0.05) is 20.1 Å². The Morgan fingerprint density at radius 2 is 1.84 bits per heavy atom. The molecular formula is C22H19IrN2-. The largest absolute Gasteiger partial charge is 0.341 e. The van der Waals surface area contributed by atoms with Gasteiger partial charge in [0.15, 0.2) is 0 Å². The second-order valence-electron chi connectivity index (χ2n) is 8.31. The van der Waals surface area contributed by atoms with Crippen LogP contribution < -0.4 is 0 Å². The Balaban J connectivity index is 0.00000140. The number of nitrogens with zero attached hydrogens (tertiary/aromatic N) is 2. The molecule has 2 heterocycles. The summed E-state index contributed by atoms with van der Waals surface area (Å²) in [5.41, 5.74) is 7.18. The number of hydrogen-bond donors (Lipinski definition) is 0. The van der Waals surface area contributed by atoms with E-state index >= 15 is 0 Å². The third-order valence-corrected chi connectivity index (χ3v) is 6.65. The zero-order valence-corrected chi connectivity index (χ0v) is 16.8. The van der Waals surface area contributed by atoms with Gasteiger partial charge in [-0.25, -0.2) is 0 Å². The van der Waals surface area contributed by atoms with Crippen LogP contribution in [0.2, 0.25) is 0 Å². The second-order valence-corrected chi connectivity index (χ2v) is 8.31. The van der Waals surface area contributed by atoms with Crippen LogP contribution in [0.4, 0.5) is 0 Å². The minimum absolute atomic E-state index is 0. The van der Waals surface area contributed by atoms with Crippen molar-refractivity contribution in [1.82, 2.24) is 9.38 Å². The van der Waals surface area contributed by atoms with Crippen molar-refractivity contribution in [3.63, 3.8) is 0 Å². The van der Waals surface area contributed by atoms with Gasteiger partial charge in [-0.05, 0) is 59.5 Å². The Labute approximate surface area is 160 Å². The first-order chi connectivity index (χ1) is 11.6. The molecule has 2 unspecified atom stereocenters. The Morgan fingerprint density at radius 1 is 1.08 bits per heavy atom. The Bertz CT molecular complexity index is 1180. The summed E-state index contributed by atoms with van der Waals surface area (Å²) in [6, 6.07) is 16.5. The number of hydrogen-bond acceptors (Lipinski definition) is 1. The van der Waals surface area contributed by atoms with Crippen LogP contribution in [-0.2, 0) is 30.9 Å². The van der Waals surface area contributed by atoms with E-state index in [1.807, 2.05) is 12.1 Å². The van der Waals surface area contributed by atoms with Crippen molar-refractivity contribution < 1.29 is 20.1 Å². The summed E-state index contributed by atoms with van der Waals surface area (Å²) in [7, 11) is 0. The van der Waals surface area contributed by atoms with Gasteiger partial charge in [0.1, 0.15) is 0 Å². The Hall–Kier alpha value is -1.70. The average Bonchev–Trinajstić information content (AvgIpc) is 3.18. The number of benzene rings is 2. The normalized spacial score (nSPS) is 27.1. The van der Waals surface area contributed by atoms with Crippen molar-refractivity contribution in [2.75, 3.05) is 0 Å². The SMILES string of the molecule is CC12CCC(C)(C1)c1cc3c(cc12)nc1c2[c-]cccc2ccn31.[Ir]. The summed E-state index contributed by atoms with van der Waals surface area (Å²) in [6.45, 7) is 4.89. The molecule has 25 heavy (non-hydrogen) atoms. The average molecular weight is 504 g/mol. The molecule has 0 aliphatic heterocycles. The summed E-state index contributed by atoms with van der Waals surface area (Å²) in [5.74, 6) is 0. The third kappa shape index (κ3) is 1.81. The Kier molecular flexibility index (Phi) is 2.93. The zero-order valence-electron chi connectivity index (χ0n) is 14.4. The van der Waals surface area contributed by atoms with E-state index in [1.54, 1.807) is 11.1 Å². The zero-order chi connectivity index (χ0) is 16.1. The summed E-state index contributed by atoms with van der Waals surface area (Å²) in [5, 5.41) is 2.31. The molecule has 2 atom stereocenters. The van der Waals surface area contributed by atoms with Gasteiger partial charge in [-0.3, -0.25) is 4.98 Å². The van der Waals surface area contributed by atoms with Crippen molar-refractivity contribution >= 4 is 27.5 Å². The molecule has 1 radical (unpaired) electrons. The molecule has 0 spiro atoms. The first kappa shape index (κ1) is 15.5. The molecule has 3 heteroatoms. The first-order valence-electron chi connectivity index (χ1n) is 8.84. The smallest absolute Gasteiger partial charge is 0.0777 e. The fraction of sp³-hybridized carbons (Fsp3) is 0.318. The molecule has 2 aromatic heterocycles. The van der Waals surface area contributed by atoms with Crippen LogP contribution in [0, 0.1) is 6.07 Å². The molecule has 2 aliphatic rings. The predicted molar refractivity (Wildman–Crippen MR) is 97.6 cm³/mol. The molecule has 4 aromatic rings. The molecule has 0 N–H and O–H groups in total. The molecule has 2 aromatic carbocycles. The van der Waals surface area contributed by atoms with E-state index in [1.165, 1.54) is 30.2 Å². The molecule has 0 saturated heterocycles. The van der Waals surface area contributed by atoms with Crippen molar-refractivity contribution in [3.05, 3.63) is 59.8 Å². The van der Waals surface area contributed by atoms with Gasteiger partial charge < -0.3 is 4.40 Å². The van der Waals surface area contributed by atoms with Gasteiger partial charge in [-0.15, -0.1) is 35.0 Å². The van der Waals surface area contributed by atoms with Gasteiger partial charge in [0.2, 0.25) is 0 Å². The van der Waals surface area contributed by atoms with Gasteiger partial charge in [-0.1, -0.05) is 19.9 Å². The number of rotatable bonds is 0. The Morgan fingerprint density at radius 3 is 2.64 bits per heavy atom. The molecule has 127 valence electrons. The molecule has 0 amide bonds. The fourth-order valence-electron chi connectivity index (χ4n) is 5.45.